The van der Waals surface area contributed by atoms with E-state index in [1.54, 1.807) is 18.2 Å². The smallest absolute Gasteiger partial charge is 0.150 e. The number of rotatable bonds is 3. The summed E-state index contributed by atoms with van der Waals surface area (Å²) in [6.07, 6.45) is 0.795. The van der Waals surface area contributed by atoms with Crippen LogP contribution < -0.4 is 0 Å². The van der Waals surface area contributed by atoms with Gasteiger partial charge in [-0.15, -0.1) is 0 Å². The van der Waals surface area contributed by atoms with Crippen molar-refractivity contribution in [1.29, 1.82) is 0 Å². The Morgan fingerprint density at radius 1 is 1.06 bits per heavy atom. The van der Waals surface area contributed by atoms with Crippen LogP contribution in [0.4, 0.5) is 5.69 Å². The lowest BCUT2D eigenvalue weighted by Gasteiger charge is -2.04. The molecule has 82 valence electrons. The summed E-state index contributed by atoms with van der Waals surface area (Å²) in [7, 11) is 0. The number of carbonyl (C=O) groups is 1. The van der Waals surface area contributed by atoms with Gasteiger partial charge in [-0.2, -0.15) is 0 Å². The highest BCUT2D eigenvalue weighted by Gasteiger charge is 2.02. The van der Waals surface area contributed by atoms with Crippen LogP contribution in [0, 0.1) is 0 Å². The first kappa shape index (κ1) is 10.9. The van der Waals surface area contributed by atoms with E-state index in [9.17, 15) is 4.79 Å². The molecule has 4 nitrogen and oxygen atoms in total. The molecule has 0 aliphatic heterocycles. The Labute approximate surface area is 98.1 Å². The van der Waals surface area contributed by atoms with E-state index in [4.69, 9.17) is 5.53 Å². The predicted molar refractivity (Wildman–Crippen MR) is 66.1 cm³/mol. The Kier molecular flexibility index (Phi) is 3.19. The molecule has 0 N–H and O–H groups in total. The molecule has 0 saturated heterocycles. The molecule has 17 heavy (non-hydrogen) atoms. The zero-order valence-electron chi connectivity index (χ0n) is 8.95. The summed E-state index contributed by atoms with van der Waals surface area (Å²) in [5.41, 5.74) is 11.4. The lowest BCUT2D eigenvalue weighted by Crippen LogP contribution is -1.81. The van der Waals surface area contributed by atoms with Crippen LogP contribution in [0.3, 0.4) is 0 Å². The molecular formula is C13H9N3O. The molecule has 4 heteroatoms. The molecule has 0 heterocycles. The second-order valence-corrected chi connectivity index (χ2v) is 3.45. The molecule has 0 aliphatic carbocycles. The van der Waals surface area contributed by atoms with Crippen molar-refractivity contribution < 1.29 is 4.79 Å². The minimum absolute atomic E-state index is 0.578. The van der Waals surface area contributed by atoms with Crippen LogP contribution in [-0.4, -0.2) is 6.29 Å². The Morgan fingerprint density at radius 3 is 2.41 bits per heavy atom. The van der Waals surface area contributed by atoms with E-state index in [2.05, 4.69) is 10.0 Å². The molecule has 2 aromatic carbocycles. The summed E-state index contributed by atoms with van der Waals surface area (Å²) in [6, 6.07) is 14.4. The summed E-state index contributed by atoms with van der Waals surface area (Å²) in [4.78, 5) is 13.4. The predicted octanol–water partition coefficient (Wildman–Crippen LogP) is 4.11. The van der Waals surface area contributed by atoms with Crippen molar-refractivity contribution >= 4 is 12.0 Å². The molecule has 0 aliphatic rings. The van der Waals surface area contributed by atoms with Crippen molar-refractivity contribution in [3.8, 4) is 11.1 Å². The van der Waals surface area contributed by atoms with Crippen LogP contribution in [0.1, 0.15) is 10.4 Å². The van der Waals surface area contributed by atoms with Crippen molar-refractivity contribution in [2.45, 2.75) is 0 Å². The van der Waals surface area contributed by atoms with Crippen molar-refractivity contribution in [1.82, 2.24) is 0 Å². The summed E-state index contributed by atoms with van der Waals surface area (Å²) in [5.74, 6) is 0. The maximum Gasteiger partial charge on any atom is 0.150 e. The zero-order valence-corrected chi connectivity index (χ0v) is 8.95. The Balaban J connectivity index is 2.51. The normalized spacial score (nSPS) is 9.41. The number of hydrogen-bond donors (Lipinski definition) is 0. The molecule has 0 unspecified atom stereocenters. The van der Waals surface area contributed by atoms with E-state index in [0.29, 0.717) is 11.3 Å². The van der Waals surface area contributed by atoms with E-state index < -0.39 is 0 Å². The molecule has 0 aromatic heterocycles. The Morgan fingerprint density at radius 2 is 1.76 bits per heavy atom. The highest BCUT2D eigenvalue weighted by Crippen LogP contribution is 2.30. The van der Waals surface area contributed by atoms with E-state index in [-0.39, 0.29) is 0 Å². The minimum atomic E-state index is 0.578. The third kappa shape index (κ3) is 2.33. The fraction of sp³-hybridized carbons (Fsp3) is 0. The first-order valence-corrected chi connectivity index (χ1v) is 5.05. The van der Waals surface area contributed by atoms with Crippen molar-refractivity contribution in [3.63, 3.8) is 0 Å². The topological polar surface area (TPSA) is 65.8 Å². The van der Waals surface area contributed by atoms with Crippen LogP contribution in [0.15, 0.2) is 53.6 Å². The van der Waals surface area contributed by atoms with Crippen LogP contribution in [0.5, 0.6) is 0 Å². The number of nitrogens with zero attached hydrogens (tertiary/aromatic N) is 3. The van der Waals surface area contributed by atoms with Gasteiger partial charge in [0.15, 0.2) is 0 Å². The van der Waals surface area contributed by atoms with Gasteiger partial charge in [-0.25, -0.2) is 0 Å². The van der Waals surface area contributed by atoms with E-state index in [1.807, 2.05) is 30.3 Å². The number of carbonyl (C=O) groups excluding carboxylic acids is 1. The van der Waals surface area contributed by atoms with E-state index in [0.717, 1.165) is 17.4 Å². The SMILES string of the molecule is [N-]=[N+]=Nc1ccccc1-c1ccc(C=O)cc1. The molecular weight excluding hydrogens is 214 g/mol. The third-order valence-electron chi connectivity index (χ3n) is 2.41. The average molecular weight is 223 g/mol. The van der Waals surface area contributed by atoms with Crippen molar-refractivity contribution in [3.05, 3.63) is 64.5 Å². The summed E-state index contributed by atoms with van der Waals surface area (Å²) < 4.78 is 0. The molecule has 2 rings (SSSR count). The van der Waals surface area contributed by atoms with Gasteiger partial charge in [0, 0.05) is 16.2 Å². The van der Waals surface area contributed by atoms with Gasteiger partial charge in [-0.1, -0.05) is 53.6 Å². The molecule has 0 atom stereocenters. The van der Waals surface area contributed by atoms with Gasteiger partial charge in [0.05, 0.1) is 0 Å². The standard InChI is InChI=1S/C13H9N3O/c14-16-15-13-4-2-1-3-12(13)11-7-5-10(9-17)6-8-11/h1-9H. The molecule has 0 bridgehead atoms. The molecule has 0 saturated carbocycles. The molecule has 0 spiro atoms. The molecule has 0 fully saturated rings. The van der Waals surface area contributed by atoms with E-state index in [1.165, 1.54) is 0 Å². The molecule has 2 aromatic rings. The zero-order chi connectivity index (χ0) is 12.1. The Bertz CT molecular complexity index is 584. The number of benzene rings is 2. The molecule has 0 amide bonds. The first-order valence-electron chi connectivity index (χ1n) is 5.05. The third-order valence-corrected chi connectivity index (χ3v) is 2.41. The van der Waals surface area contributed by atoms with Gasteiger partial charge in [0.1, 0.15) is 6.29 Å². The monoisotopic (exact) mass is 223 g/mol. The van der Waals surface area contributed by atoms with Gasteiger partial charge in [-0.05, 0) is 16.7 Å². The second kappa shape index (κ2) is 4.96. The minimum Gasteiger partial charge on any atom is -0.298 e. The number of hydrogen-bond acceptors (Lipinski definition) is 2. The second-order valence-electron chi connectivity index (χ2n) is 3.45. The maximum atomic E-state index is 10.6. The quantitative estimate of drug-likeness (QED) is 0.334. The van der Waals surface area contributed by atoms with Gasteiger partial charge in [-0.3, -0.25) is 4.79 Å². The first-order chi connectivity index (χ1) is 8.35. The highest BCUT2D eigenvalue weighted by molar-refractivity contribution is 5.80. The summed E-state index contributed by atoms with van der Waals surface area (Å²) >= 11 is 0. The maximum absolute atomic E-state index is 10.6. The fourth-order valence-corrected chi connectivity index (χ4v) is 1.59. The number of aldehydes is 1. The largest absolute Gasteiger partial charge is 0.298 e. The fourth-order valence-electron chi connectivity index (χ4n) is 1.59. The van der Waals surface area contributed by atoms with Gasteiger partial charge in [0.2, 0.25) is 0 Å². The van der Waals surface area contributed by atoms with Gasteiger partial charge in [0.25, 0.3) is 0 Å². The summed E-state index contributed by atoms with van der Waals surface area (Å²) in [5, 5.41) is 3.64. The van der Waals surface area contributed by atoms with Crippen molar-refractivity contribution in [2.75, 3.05) is 0 Å². The summed E-state index contributed by atoms with van der Waals surface area (Å²) in [6.45, 7) is 0. The number of azide groups is 1. The Hall–Kier alpha value is -2.58. The van der Waals surface area contributed by atoms with Crippen LogP contribution in [-0.2, 0) is 0 Å². The van der Waals surface area contributed by atoms with Crippen LogP contribution in [0.25, 0.3) is 21.6 Å². The van der Waals surface area contributed by atoms with Crippen LogP contribution >= 0.6 is 0 Å². The van der Waals surface area contributed by atoms with Gasteiger partial charge < -0.3 is 0 Å². The van der Waals surface area contributed by atoms with Gasteiger partial charge >= 0.3 is 0 Å². The average Bonchev–Trinajstić information content (AvgIpc) is 2.40. The lowest BCUT2D eigenvalue weighted by molar-refractivity contribution is 0.112. The lowest BCUT2D eigenvalue weighted by atomic mass is 10.0. The highest BCUT2D eigenvalue weighted by atomic mass is 16.1. The van der Waals surface area contributed by atoms with Crippen molar-refractivity contribution in [2.24, 2.45) is 5.11 Å². The van der Waals surface area contributed by atoms with Crippen LogP contribution in [0.2, 0.25) is 0 Å². The molecule has 0 radical (unpaired) electrons. The van der Waals surface area contributed by atoms with E-state index >= 15 is 0 Å².